The van der Waals surface area contributed by atoms with E-state index < -0.39 is 18.1 Å². The zero-order chi connectivity index (χ0) is 36.1. The molecule has 2 aromatic heterocycles. The molecule has 2 aliphatic heterocycles. The number of fused-ring (bicyclic) bond motifs is 1. The van der Waals surface area contributed by atoms with Gasteiger partial charge in [0, 0.05) is 22.6 Å². The molecule has 268 valence electrons. The van der Waals surface area contributed by atoms with Gasteiger partial charge in [-0.15, -0.1) is 11.3 Å². The maximum atomic E-state index is 14.4. The number of pyridine rings is 1. The van der Waals surface area contributed by atoms with Crippen molar-refractivity contribution in [2.75, 3.05) is 32.3 Å². The Kier molecular flexibility index (Phi) is 10.8. The van der Waals surface area contributed by atoms with Gasteiger partial charge in [0.05, 0.1) is 46.3 Å². The molecule has 1 saturated heterocycles. The van der Waals surface area contributed by atoms with Gasteiger partial charge in [0.25, 0.3) is 17.8 Å². The first kappa shape index (κ1) is 35.7. The van der Waals surface area contributed by atoms with Crippen molar-refractivity contribution >= 4 is 35.0 Å². The van der Waals surface area contributed by atoms with Crippen LogP contribution in [0.4, 0.5) is 14.6 Å². The number of alkyl halides is 2. The summed E-state index contributed by atoms with van der Waals surface area (Å²) >= 11 is 1.31. The number of benzene rings is 2. The quantitative estimate of drug-likeness (QED) is 0.205. The van der Waals surface area contributed by atoms with E-state index >= 15 is 0 Å². The van der Waals surface area contributed by atoms with E-state index in [1.54, 1.807) is 61.9 Å². The third kappa shape index (κ3) is 7.78. The lowest BCUT2D eigenvalue weighted by Crippen LogP contribution is -2.46. The molecular weight excluding hydrogens is 684 g/mol. The number of amidine groups is 1. The summed E-state index contributed by atoms with van der Waals surface area (Å²) in [6.07, 6.45) is 2.34. The highest BCUT2D eigenvalue weighted by Crippen LogP contribution is 2.46. The number of amides is 2. The van der Waals surface area contributed by atoms with Gasteiger partial charge in [-0.3, -0.25) is 19.8 Å². The molecule has 3 atom stereocenters. The van der Waals surface area contributed by atoms with Gasteiger partial charge in [0.1, 0.15) is 39.3 Å². The maximum absolute atomic E-state index is 14.4. The van der Waals surface area contributed by atoms with Crippen LogP contribution in [-0.2, 0) is 21.6 Å². The lowest BCUT2D eigenvalue weighted by molar-refractivity contribution is -0.0540. The zero-order valence-electron chi connectivity index (χ0n) is 28.4. The highest BCUT2D eigenvalue weighted by molar-refractivity contribution is 7.10. The average molecular weight is 722 g/mol. The Morgan fingerprint density at radius 3 is 2.65 bits per heavy atom. The summed E-state index contributed by atoms with van der Waals surface area (Å²) in [6, 6.07) is 15.4. The van der Waals surface area contributed by atoms with Crippen molar-refractivity contribution in [1.29, 1.82) is 0 Å². The van der Waals surface area contributed by atoms with E-state index in [1.165, 1.54) is 29.4 Å². The Hall–Kier alpha value is -5.15. The van der Waals surface area contributed by atoms with Gasteiger partial charge in [-0.25, -0.2) is 15.0 Å². The molecule has 0 bridgehead atoms. The monoisotopic (exact) mass is 721 g/mol. The van der Waals surface area contributed by atoms with Crippen molar-refractivity contribution < 1.29 is 42.1 Å². The zero-order valence-corrected chi connectivity index (χ0v) is 29.2. The lowest BCUT2D eigenvalue weighted by atomic mass is 9.78. The van der Waals surface area contributed by atoms with Crippen molar-refractivity contribution in [1.82, 2.24) is 15.3 Å². The number of rotatable bonds is 10. The number of nitrogens with zero attached hydrogens (tertiary/aromatic N) is 4. The molecular formula is C36H37F2N5O7S. The molecule has 2 amide bonds. The Bertz CT molecular complexity index is 1910. The van der Waals surface area contributed by atoms with Crippen LogP contribution in [0.1, 0.15) is 56.7 Å². The standard InChI is InChI=1S/C36H37F2N5O7S/c1-21-14-27(50-34(37)38)17-39-30(21)32(45)43(18-24-10-11-26(46-3)16-28(24)47-4)29-19-51-33(40-29)36-20-49-22(2)15-25(36)12-13-48-35(42-36)41-31(44)23-8-6-5-7-9-23/h5-11,14,16-17,19,22,25,34H,12-13,15,18,20H2,1-4H3,(H,41,42,44)/t22-,25+,36-/m0/s1. The normalized spacial score (nSPS) is 19.9. The van der Waals surface area contributed by atoms with E-state index in [1.807, 2.05) is 13.0 Å². The highest BCUT2D eigenvalue weighted by atomic mass is 32.1. The number of nitrogens with one attached hydrogen (secondary N) is 1. The van der Waals surface area contributed by atoms with Crippen molar-refractivity contribution in [3.05, 3.63) is 93.6 Å². The summed E-state index contributed by atoms with van der Waals surface area (Å²) < 4.78 is 53.5. The van der Waals surface area contributed by atoms with E-state index in [0.29, 0.717) is 58.5 Å². The molecule has 0 saturated carbocycles. The number of hydrogen-bond donors (Lipinski definition) is 1. The van der Waals surface area contributed by atoms with E-state index in [2.05, 4.69) is 15.0 Å². The first-order valence-electron chi connectivity index (χ1n) is 16.2. The van der Waals surface area contributed by atoms with Crippen LogP contribution in [0.15, 0.2) is 71.2 Å². The topological polar surface area (TPSA) is 134 Å². The Balaban J connectivity index is 1.41. The molecule has 51 heavy (non-hydrogen) atoms. The fourth-order valence-corrected chi connectivity index (χ4v) is 7.23. The van der Waals surface area contributed by atoms with E-state index in [-0.39, 0.29) is 48.5 Å². The number of aryl methyl sites for hydroxylation is 1. The van der Waals surface area contributed by atoms with Crippen molar-refractivity contribution in [2.45, 2.75) is 51.5 Å². The van der Waals surface area contributed by atoms with Crippen LogP contribution in [0.25, 0.3) is 0 Å². The van der Waals surface area contributed by atoms with Gasteiger partial charge in [0.2, 0.25) is 0 Å². The molecule has 15 heteroatoms. The van der Waals surface area contributed by atoms with Crippen LogP contribution in [0.2, 0.25) is 0 Å². The maximum Gasteiger partial charge on any atom is 0.387 e. The molecule has 2 aliphatic rings. The van der Waals surface area contributed by atoms with Crippen LogP contribution in [-0.4, -0.2) is 68.0 Å². The molecule has 4 aromatic rings. The SMILES string of the molecule is COc1ccc(CN(C(=O)c2ncc(OC(F)F)cc2C)c2csc([C@]34CO[C@@H](C)C[C@H]3CCOC(NC(=O)c3ccccc3)=N4)n2)c(OC)c1. The van der Waals surface area contributed by atoms with Crippen molar-refractivity contribution in [3.8, 4) is 17.2 Å². The summed E-state index contributed by atoms with van der Waals surface area (Å²) in [5.41, 5.74) is 0.424. The van der Waals surface area contributed by atoms with Crippen LogP contribution < -0.4 is 24.4 Å². The van der Waals surface area contributed by atoms with Crippen LogP contribution in [0, 0.1) is 12.8 Å². The Morgan fingerprint density at radius 1 is 1.12 bits per heavy atom. The minimum Gasteiger partial charge on any atom is -0.497 e. The summed E-state index contributed by atoms with van der Waals surface area (Å²) in [5.74, 6) is 0.223. The smallest absolute Gasteiger partial charge is 0.387 e. The number of aliphatic imine (C=N–C) groups is 1. The molecule has 6 rings (SSSR count). The van der Waals surface area contributed by atoms with E-state index in [0.717, 1.165) is 6.20 Å². The second-order valence-electron chi connectivity index (χ2n) is 12.1. The van der Waals surface area contributed by atoms with Gasteiger partial charge in [-0.1, -0.05) is 18.2 Å². The van der Waals surface area contributed by atoms with Gasteiger partial charge in [-0.05, 0) is 68.5 Å². The molecule has 1 fully saturated rings. The molecule has 12 nitrogen and oxygen atoms in total. The fraction of sp³-hybridized carbons (Fsp3) is 0.361. The number of thiazole rings is 1. The minimum absolute atomic E-state index is 0.0142. The summed E-state index contributed by atoms with van der Waals surface area (Å²) in [4.78, 5) is 43.2. The number of halogens is 2. The second-order valence-corrected chi connectivity index (χ2v) is 13.0. The number of carbonyl (C=O) groups excluding carboxylic acids is 2. The lowest BCUT2D eigenvalue weighted by Gasteiger charge is -2.40. The van der Waals surface area contributed by atoms with E-state index in [9.17, 15) is 18.4 Å². The number of anilines is 1. The summed E-state index contributed by atoms with van der Waals surface area (Å²) in [5, 5.41) is 5.13. The summed E-state index contributed by atoms with van der Waals surface area (Å²) in [6.45, 7) is 1.06. The molecule has 1 N–H and O–H groups in total. The van der Waals surface area contributed by atoms with Gasteiger partial charge < -0.3 is 23.7 Å². The predicted molar refractivity (Wildman–Crippen MR) is 185 cm³/mol. The van der Waals surface area contributed by atoms with Crippen molar-refractivity contribution in [2.24, 2.45) is 10.9 Å². The number of methoxy groups -OCH3 is 2. The average Bonchev–Trinajstić information content (AvgIpc) is 3.55. The third-order valence-corrected chi connectivity index (χ3v) is 9.83. The van der Waals surface area contributed by atoms with Gasteiger partial charge in [0.15, 0.2) is 0 Å². The third-order valence-electron chi connectivity index (χ3n) is 8.83. The highest BCUT2D eigenvalue weighted by Gasteiger charge is 2.49. The Labute approximate surface area is 297 Å². The van der Waals surface area contributed by atoms with Gasteiger partial charge in [-0.2, -0.15) is 8.78 Å². The first-order valence-corrected chi connectivity index (χ1v) is 17.1. The summed E-state index contributed by atoms with van der Waals surface area (Å²) in [7, 11) is 3.06. The number of aromatic nitrogens is 2. The van der Waals surface area contributed by atoms with Crippen LogP contribution in [0.5, 0.6) is 17.2 Å². The molecule has 0 radical (unpaired) electrons. The Morgan fingerprint density at radius 2 is 1.92 bits per heavy atom. The fourth-order valence-electron chi connectivity index (χ4n) is 6.22. The molecule has 0 unspecified atom stereocenters. The van der Waals surface area contributed by atoms with Gasteiger partial charge >= 0.3 is 6.61 Å². The number of ether oxygens (including phenoxy) is 5. The number of hydrogen-bond acceptors (Lipinski definition) is 11. The molecule has 4 heterocycles. The van der Waals surface area contributed by atoms with E-state index in [4.69, 9.17) is 28.9 Å². The van der Waals surface area contributed by atoms with Crippen LogP contribution in [0.3, 0.4) is 0 Å². The second kappa shape index (κ2) is 15.4. The minimum atomic E-state index is -3.04. The first-order chi connectivity index (χ1) is 24.6. The number of carbonyl (C=O) groups is 2. The largest absolute Gasteiger partial charge is 0.497 e. The predicted octanol–water partition coefficient (Wildman–Crippen LogP) is 6.14. The molecule has 2 aromatic carbocycles. The van der Waals surface area contributed by atoms with Crippen LogP contribution >= 0.6 is 11.3 Å². The molecule has 0 aliphatic carbocycles. The van der Waals surface area contributed by atoms with Crippen molar-refractivity contribution in [3.63, 3.8) is 0 Å². The molecule has 0 spiro atoms.